The number of likely N-dealkylation sites (tertiary alicyclic amines) is 1. The summed E-state index contributed by atoms with van der Waals surface area (Å²) in [7, 11) is 0. The molecule has 34 heavy (non-hydrogen) atoms. The molecular weight excluding hydrogens is 440 g/mol. The van der Waals surface area contributed by atoms with Crippen molar-refractivity contribution in [3.05, 3.63) is 35.9 Å². The highest BCUT2D eigenvalue weighted by molar-refractivity contribution is 5.92. The molecule has 1 aliphatic heterocycles. The van der Waals surface area contributed by atoms with Crippen LogP contribution in [0.3, 0.4) is 0 Å². The third-order valence-electron chi connectivity index (χ3n) is 5.45. The molecule has 1 aromatic rings. The van der Waals surface area contributed by atoms with Crippen LogP contribution in [-0.2, 0) is 25.5 Å². The molecule has 0 radical (unpaired) electrons. The molecule has 0 spiro atoms. The van der Waals surface area contributed by atoms with Crippen molar-refractivity contribution in [2.45, 2.75) is 57.2 Å². The molecule has 3 atom stereocenters. The van der Waals surface area contributed by atoms with Crippen molar-refractivity contribution in [3.8, 4) is 0 Å². The number of guanidine groups is 1. The van der Waals surface area contributed by atoms with E-state index in [1.54, 1.807) is 6.92 Å². The highest BCUT2D eigenvalue weighted by atomic mass is 16.5. The normalized spacial score (nSPS) is 16.7. The number of nitrogens with zero attached hydrogens (tertiary/aromatic N) is 2. The van der Waals surface area contributed by atoms with E-state index in [9.17, 15) is 19.2 Å². The van der Waals surface area contributed by atoms with Gasteiger partial charge < -0.3 is 36.5 Å². The molecule has 1 fully saturated rings. The molecule has 11 nitrogen and oxygen atoms in total. The molecule has 0 unspecified atom stereocenters. The summed E-state index contributed by atoms with van der Waals surface area (Å²) in [6.07, 6.45) is 2.20. The first-order valence-electron chi connectivity index (χ1n) is 11.4. The van der Waals surface area contributed by atoms with E-state index in [2.05, 4.69) is 15.6 Å². The topological polar surface area (TPSA) is 169 Å². The van der Waals surface area contributed by atoms with Gasteiger partial charge in [0.05, 0.1) is 12.6 Å². The Hall–Kier alpha value is -3.63. The third-order valence-corrected chi connectivity index (χ3v) is 5.45. The number of nitrogens with one attached hydrogen (secondary N) is 2. The van der Waals surface area contributed by atoms with Crippen LogP contribution in [0.5, 0.6) is 0 Å². The number of aliphatic imine (C=N–C) groups is 1. The number of benzene rings is 1. The first kappa shape index (κ1) is 26.6. The van der Waals surface area contributed by atoms with E-state index in [0.29, 0.717) is 45.1 Å². The Bertz CT molecular complexity index is 859. The Balaban J connectivity index is 2.06. The maximum Gasteiger partial charge on any atom is 0.407 e. The van der Waals surface area contributed by atoms with Crippen LogP contribution in [-0.4, -0.2) is 72.9 Å². The van der Waals surface area contributed by atoms with Gasteiger partial charge in [-0.2, -0.15) is 0 Å². The van der Waals surface area contributed by atoms with Crippen LogP contribution in [0.4, 0.5) is 4.79 Å². The van der Waals surface area contributed by atoms with Gasteiger partial charge >= 0.3 is 6.09 Å². The molecular formula is C23H34N6O5. The van der Waals surface area contributed by atoms with E-state index in [0.717, 1.165) is 5.56 Å². The Morgan fingerprint density at radius 1 is 1.24 bits per heavy atom. The van der Waals surface area contributed by atoms with Gasteiger partial charge in [-0.05, 0) is 38.2 Å². The average Bonchev–Trinajstić information content (AvgIpc) is 3.31. The monoisotopic (exact) mass is 474 g/mol. The molecule has 0 aliphatic carbocycles. The second-order valence-electron chi connectivity index (χ2n) is 8.00. The minimum atomic E-state index is -0.892. The molecule has 11 heteroatoms. The van der Waals surface area contributed by atoms with Gasteiger partial charge in [0.1, 0.15) is 18.4 Å². The fraction of sp³-hybridized carbons (Fsp3) is 0.522. The van der Waals surface area contributed by atoms with E-state index in [1.807, 2.05) is 30.3 Å². The zero-order chi connectivity index (χ0) is 24.9. The van der Waals surface area contributed by atoms with Crippen LogP contribution < -0.4 is 22.1 Å². The molecule has 6 N–H and O–H groups in total. The molecule has 3 amide bonds. The fourth-order valence-corrected chi connectivity index (χ4v) is 3.84. The van der Waals surface area contributed by atoms with Crippen molar-refractivity contribution in [1.82, 2.24) is 15.5 Å². The molecule has 0 saturated carbocycles. The molecule has 0 bridgehead atoms. The average molecular weight is 475 g/mol. The summed E-state index contributed by atoms with van der Waals surface area (Å²) in [4.78, 5) is 55.2. The minimum absolute atomic E-state index is 0.0340. The van der Waals surface area contributed by atoms with Crippen LogP contribution in [0.2, 0.25) is 0 Å². The molecule has 2 rings (SSSR count). The van der Waals surface area contributed by atoms with Gasteiger partial charge in [-0.15, -0.1) is 0 Å². The molecule has 1 heterocycles. The lowest BCUT2D eigenvalue weighted by Crippen LogP contribution is -2.55. The Morgan fingerprint density at radius 3 is 2.62 bits per heavy atom. The van der Waals surface area contributed by atoms with Crippen molar-refractivity contribution < 1.29 is 23.9 Å². The number of carbonyl (C=O) groups is 4. The summed E-state index contributed by atoms with van der Waals surface area (Å²) in [6, 6.07) is 6.94. The van der Waals surface area contributed by atoms with Gasteiger partial charge in [-0.25, -0.2) is 4.79 Å². The lowest BCUT2D eigenvalue weighted by molar-refractivity contribution is -0.140. The van der Waals surface area contributed by atoms with Crippen LogP contribution in [0.1, 0.15) is 38.2 Å². The molecule has 1 saturated heterocycles. The second kappa shape index (κ2) is 13.8. The summed E-state index contributed by atoms with van der Waals surface area (Å²) in [6.45, 7) is 2.57. The maximum absolute atomic E-state index is 13.4. The molecule has 1 aromatic carbocycles. The van der Waals surface area contributed by atoms with Crippen molar-refractivity contribution in [3.63, 3.8) is 0 Å². The summed E-state index contributed by atoms with van der Waals surface area (Å²) in [5, 5.41) is 5.33. The van der Waals surface area contributed by atoms with Crippen molar-refractivity contribution >= 4 is 30.2 Å². The van der Waals surface area contributed by atoms with E-state index < -0.39 is 30.1 Å². The van der Waals surface area contributed by atoms with Crippen LogP contribution >= 0.6 is 0 Å². The SMILES string of the molecule is CCOC(=O)N[C@H](Cc1ccccc1)C(=O)N1CCC[C@H]1C(=O)N[C@H](C=O)CCCN=C(N)N. The Labute approximate surface area is 199 Å². The summed E-state index contributed by atoms with van der Waals surface area (Å²) < 4.78 is 4.96. The van der Waals surface area contributed by atoms with Crippen molar-refractivity contribution in [1.29, 1.82) is 0 Å². The number of rotatable bonds is 12. The largest absolute Gasteiger partial charge is 0.450 e. The second-order valence-corrected chi connectivity index (χ2v) is 8.00. The van der Waals surface area contributed by atoms with Gasteiger partial charge in [0.2, 0.25) is 11.8 Å². The van der Waals surface area contributed by atoms with Crippen molar-refractivity contribution in [2.24, 2.45) is 16.5 Å². The maximum atomic E-state index is 13.4. The van der Waals surface area contributed by atoms with Gasteiger partial charge in [0.15, 0.2) is 5.96 Å². The van der Waals surface area contributed by atoms with Crippen LogP contribution in [0.15, 0.2) is 35.3 Å². The third kappa shape index (κ3) is 8.38. The smallest absolute Gasteiger partial charge is 0.407 e. The quantitative estimate of drug-likeness (QED) is 0.144. The number of nitrogens with two attached hydrogens (primary N) is 2. The van der Waals surface area contributed by atoms with Crippen molar-refractivity contribution in [2.75, 3.05) is 19.7 Å². The van der Waals surface area contributed by atoms with Gasteiger partial charge in [-0.1, -0.05) is 30.3 Å². The number of aldehydes is 1. The Morgan fingerprint density at radius 2 is 1.97 bits per heavy atom. The van der Waals surface area contributed by atoms with Crippen LogP contribution in [0.25, 0.3) is 0 Å². The summed E-state index contributed by atoms with van der Waals surface area (Å²) in [5.74, 6) is -0.808. The number of hydrogen-bond acceptors (Lipinski definition) is 6. The number of hydrogen-bond donors (Lipinski definition) is 4. The molecule has 0 aromatic heterocycles. The lowest BCUT2D eigenvalue weighted by atomic mass is 10.0. The van der Waals surface area contributed by atoms with Crippen LogP contribution in [0, 0.1) is 0 Å². The van der Waals surface area contributed by atoms with E-state index in [1.165, 1.54) is 4.90 Å². The minimum Gasteiger partial charge on any atom is -0.450 e. The zero-order valence-corrected chi connectivity index (χ0v) is 19.4. The summed E-state index contributed by atoms with van der Waals surface area (Å²) in [5.41, 5.74) is 11.4. The number of amides is 3. The van der Waals surface area contributed by atoms with Gasteiger partial charge in [0.25, 0.3) is 0 Å². The number of ether oxygens (including phenoxy) is 1. The highest BCUT2D eigenvalue weighted by Gasteiger charge is 2.38. The number of alkyl carbamates (subject to hydrolysis) is 1. The Kier molecular flexibility index (Phi) is 10.8. The van der Waals surface area contributed by atoms with E-state index >= 15 is 0 Å². The highest BCUT2D eigenvalue weighted by Crippen LogP contribution is 2.20. The molecule has 1 aliphatic rings. The first-order chi connectivity index (χ1) is 16.3. The standard InChI is InChI=1S/C23H34N6O5/c1-2-34-23(33)28-18(14-16-8-4-3-5-9-16)21(32)29-13-7-11-19(29)20(31)27-17(15-30)10-6-12-26-22(24)25/h3-5,8-9,15,17-19H,2,6-7,10-14H2,1H3,(H,27,31)(H,28,33)(H4,24,25,26)/t17-,18+,19-/m0/s1. The number of carbonyl (C=O) groups excluding carboxylic acids is 4. The molecule has 186 valence electrons. The fourth-order valence-electron chi connectivity index (χ4n) is 3.84. The predicted octanol–water partition coefficient (Wildman–Crippen LogP) is 0.0721. The van der Waals surface area contributed by atoms with Gasteiger partial charge in [0, 0.05) is 19.5 Å². The lowest BCUT2D eigenvalue weighted by Gasteiger charge is -2.29. The predicted molar refractivity (Wildman–Crippen MR) is 127 cm³/mol. The zero-order valence-electron chi connectivity index (χ0n) is 19.4. The van der Waals surface area contributed by atoms with Gasteiger partial charge in [-0.3, -0.25) is 14.6 Å². The first-order valence-corrected chi connectivity index (χ1v) is 11.4. The van der Waals surface area contributed by atoms with E-state index in [4.69, 9.17) is 16.2 Å². The van der Waals surface area contributed by atoms with E-state index in [-0.39, 0.29) is 24.9 Å². The summed E-state index contributed by atoms with van der Waals surface area (Å²) >= 11 is 0.